The third-order valence-electron chi connectivity index (χ3n) is 5.44. The Hall–Kier alpha value is -0.0400. The number of hydrogen-bond acceptors (Lipinski definition) is 1. The summed E-state index contributed by atoms with van der Waals surface area (Å²) in [7, 11) is 0. The lowest BCUT2D eigenvalue weighted by atomic mass is 9.84. The highest BCUT2D eigenvalue weighted by atomic mass is 14.9. The highest BCUT2D eigenvalue weighted by Gasteiger charge is 2.53. The first-order valence-electron chi connectivity index (χ1n) is 7.56. The molecule has 3 aliphatic carbocycles. The van der Waals surface area contributed by atoms with Crippen LogP contribution in [0, 0.1) is 17.3 Å². The van der Waals surface area contributed by atoms with E-state index in [4.69, 9.17) is 0 Å². The monoisotopic (exact) mass is 221 g/mol. The minimum Gasteiger partial charge on any atom is -0.313 e. The molecule has 3 fully saturated rings. The number of nitrogens with one attached hydrogen (secondary N) is 1. The fourth-order valence-corrected chi connectivity index (χ4v) is 3.78. The lowest BCUT2D eigenvalue weighted by Crippen LogP contribution is -2.38. The molecular weight excluding hydrogens is 194 g/mol. The van der Waals surface area contributed by atoms with Crippen molar-refractivity contribution in [3.05, 3.63) is 0 Å². The van der Waals surface area contributed by atoms with Crippen LogP contribution in [0.5, 0.6) is 0 Å². The Balaban J connectivity index is 1.44. The van der Waals surface area contributed by atoms with Crippen molar-refractivity contribution in [2.45, 2.75) is 70.8 Å². The molecule has 0 amide bonds. The predicted molar refractivity (Wildman–Crippen MR) is 68.4 cm³/mol. The lowest BCUT2D eigenvalue weighted by molar-refractivity contribution is 0.260. The van der Waals surface area contributed by atoms with Gasteiger partial charge in [0.25, 0.3) is 0 Å². The summed E-state index contributed by atoms with van der Waals surface area (Å²) >= 11 is 0. The van der Waals surface area contributed by atoms with Crippen molar-refractivity contribution < 1.29 is 0 Å². The highest BCUT2D eigenvalue weighted by molar-refractivity contribution is 5.05. The molecule has 0 aliphatic heterocycles. The fourth-order valence-electron chi connectivity index (χ4n) is 3.78. The van der Waals surface area contributed by atoms with Crippen LogP contribution in [0.4, 0.5) is 0 Å². The minimum atomic E-state index is 0.791. The summed E-state index contributed by atoms with van der Waals surface area (Å²) in [4.78, 5) is 0. The van der Waals surface area contributed by atoms with Crippen molar-refractivity contribution >= 4 is 0 Å². The van der Waals surface area contributed by atoms with Gasteiger partial charge in [-0.05, 0) is 55.8 Å². The van der Waals surface area contributed by atoms with Crippen molar-refractivity contribution in [1.29, 1.82) is 0 Å². The first kappa shape index (κ1) is 11.1. The summed E-state index contributed by atoms with van der Waals surface area (Å²) < 4.78 is 0. The predicted octanol–water partition coefficient (Wildman–Crippen LogP) is 3.74. The third-order valence-corrected chi connectivity index (χ3v) is 5.44. The normalized spacial score (nSPS) is 37.3. The molecule has 3 rings (SSSR count). The number of hydrogen-bond donors (Lipinski definition) is 1. The lowest BCUT2D eigenvalue weighted by Gasteiger charge is -2.30. The zero-order valence-electron chi connectivity index (χ0n) is 10.8. The molecule has 16 heavy (non-hydrogen) atoms. The Morgan fingerprint density at radius 2 is 1.94 bits per heavy atom. The van der Waals surface area contributed by atoms with Crippen molar-refractivity contribution in [3.63, 3.8) is 0 Å². The second-order valence-electron chi connectivity index (χ2n) is 6.66. The van der Waals surface area contributed by atoms with E-state index in [1.54, 1.807) is 0 Å². The maximum Gasteiger partial charge on any atom is 0.00699 e. The molecule has 0 aromatic heterocycles. The molecule has 0 bridgehead atoms. The molecule has 1 nitrogen and oxygen atoms in total. The number of rotatable bonds is 5. The smallest absolute Gasteiger partial charge is 0.00699 e. The van der Waals surface area contributed by atoms with Gasteiger partial charge in [-0.25, -0.2) is 0 Å². The van der Waals surface area contributed by atoms with Crippen molar-refractivity contribution in [2.75, 3.05) is 6.54 Å². The third kappa shape index (κ3) is 2.30. The maximum absolute atomic E-state index is 3.91. The second kappa shape index (κ2) is 4.33. The Bertz CT molecular complexity index is 240. The molecule has 92 valence electrons. The minimum absolute atomic E-state index is 0.791. The van der Waals surface area contributed by atoms with E-state index in [9.17, 15) is 0 Å². The van der Waals surface area contributed by atoms with E-state index in [1.807, 2.05) is 0 Å². The molecule has 0 radical (unpaired) electrons. The molecule has 0 saturated heterocycles. The SMILES string of the molecule is CCC1CCCC(NCC2(C3CC3)CC2)C1. The van der Waals surface area contributed by atoms with E-state index >= 15 is 0 Å². The van der Waals surface area contributed by atoms with Crippen LogP contribution < -0.4 is 5.32 Å². The van der Waals surface area contributed by atoms with E-state index in [2.05, 4.69) is 12.2 Å². The molecule has 2 atom stereocenters. The summed E-state index contributed by atoms with van der Waals surface area (Å²) in [5.41, 5.74) is 0.791. The molecule has 2 unspecified atom stereocenters. The molecule has 1 heteroatoms. The summed E-state index contributed by atoms with van der Waals surface area (Å²) in [5.74, 6) is 2.13. The molecule has 1 N–H and O–H groups in total. The van der Waals surface area contributed by atoms with Gasteiger partial charge in [0.15, 0.2) is 0 Å². The van der Waals surface area contributed by atoms with Gasteiger partial charge >= 0.3 is 0 Å². The van der Waals surface area contributed by atoms with Gasteiger partial charge in [-0.1, -0.05) is 26.2 Å². The van der Waals surface area contributed by atoms with Crippen LogP contribution in [-0.4, -0.2) is 12.6 Å². The van der Waals surface area contributed by atoms with Gasteiger partial charge in [-0.3, -0.25) is 0 Å². The largest absolute Gasteiger partial charge is 0.313 e. The molecule has 0 aromatic rings. The Kier molecular flexibility index (Phi) is 2.99. The first-order valence-corrected chi connectivity index (χ1v) is 7.56. The van der Waals surface area contributed by atoms with Gasteiger partial charge < -0.3 is 5.32 Å². The van der Waals surface area contributed by atoms with Gasteiger partial charge in [0.1, 0.15) is 0 Å². The van der Waals surface area contributed by atoms with Crippen LogP contribution in [0.1, 0.15) is 64.7 Å². The Morgan fingerprint density at radius 3 is 2.56 bits per heavy atom. The van der Waals surface area contributed by atoms with Gasteiger partial charge in [0.05, 0.1) is 0 Å². The quantitative estimate of drug-likeness (QED) is 0.746. The van der Waals surface area contributed by atoms with Crippen LogP contribution in [0.3, 0.4) is 0 Å². The maximum atomic E-state index is 3.91. The van der Waals surface area contributed by atoms with Crippen LogP contribution in [0.15, 0.2) is 0 Å². The molecule has 0 aromatic carbocycles. The van der Waals surface area contributed by atoms with Gasteiger partial charge in [0.2, 0.25) is 0 Å². The van der Waals surface area contributed by atoms with E-state index < -0.39 is 0 Å². The van der Waals surface area contributed by atoms with Gasteiger partial charge in [0, 0.05) is 12.6 Å². The van der Waals surface area contributed by atoms with Crippen LogP contribution in [-0.2, 0) is 0 Å². The average Bonchev–Trinajstić information content (AvgIpc) is 3.17. The Labute approximate surface area is 100 Å². The molecular formula is C15H27N. The van der Waals surface area contributed by atoms with E-state index in [0.717, 1.165) is 23.3 Å². The zero-order valence-corrected chi connectivity index (χ0v) is 10.8. The van der Waals surface area contributed by atoms with Gasteiger partial charge in [-0.2, -0.15) is 0 Å². The van der Waals surface area contributed by atoms with Crippen molar-refractivity contribution in [2.24, 2.45) is 17.3 Å². The molecule has 3 saturated carbocycles. The fraction of sp³-hybridized carbons (Fsp3) is 1.00. The van der Waals surface area contributed by atoms with Crippen molar-refractivity contribution in [3.8, 4) is 0 Å². The molecule has 0 spiro atoms. The topological polar surface area (TPSA) is 12.0 Å². The van der Waals surface area contributed by atoms with Crippen LogP contribution in [0.25, 0.3) is 0 Å². The molecule has 0 heterocycles. The Morgan fingerprint density at radius 1 is 1.12 bits per heavy atom. The molecule has 3 aliphatic rings. The summed E-state index contributed by atoms with van der Waals surface area (Å²) in [6.07, 6.45) is 13.4. The average molecular weight is 221 g/mol. The summed E-state index contributed by atoms with van der Waals surface area (Å²) in [5, 5.41) is 3.91. The van der Waals surface area contributed by atoms with Gasteiger partial charge in [-0.15, -0.1) is 0 Å². The van der Waals surface area contributed by atoms with E-state index in [-0.39, 0.29) is 0 Å². The standard InChI is InChI=1S/C15H27N/c1-2-12-4-3-5-14(10-12)16-11-15(8-9-15)13-6-7-13/h12-14,16H,2-11H2,1H3. The zero-order chi connectivity index (χ0) is 11.0. The second-order valence-corrected chi connectivity index (χ2v) is 6.66. The van der Waals surface area contributed by atoms with Crippen LogP contribution in [0.2, 0.25) is 0 Å². The summed E-state index contributed by atoms with van der Waals surface area (Å²) in [6.45, 7) is 3.71. The van der Waals surface area contributed by atoms with E-state index in [1.165, 1.54) is 64.3 Å². The van der Waals surface area contributed by atoms with Crippen molar-refractivity contribution in [1.82, 2.24) is 5.32 Å². The van der Waals surface area contributed by atoms with Crippen LogP contribution >= 0.6 is 0 Å². The highest BCUT2D eigenvalue weighted by Crippen LogP contribution is 2.60. The summed E-state index contributed by atoms with van der Waals surface area (Å²) in [6, 6.07) is 0.856. The van der Waals surface area contributed by atoms with E-state index in [0.29, 0.717) is 0 Å². The first-order chi connectivity index (χ1) is 7.82.